The van der Waals surface area contributed by atoms with Crippen LogP contribution in [0.2, 0.25) is 0 Å². The van der Waals surface area contributed by atoms with Crippen LogP contribution in [0, 0.1) is 19.7 Å². The Labute approximate surface area is 103 Å². The first-order valence-electron chi connectivity index (χ1n) is 5.31. The van der Waals surface area contributed by atoms with E-state index in [4.69, 9.17) is 5.11 Å². The summed E-state index contributed by atoms with van der Waals surface area (Å²) >= 11 is 0. The molecule has 0 spiro atoms. The molecule has 0 aliphatic carbocycles. The first-order valence-corrected chi connectivity index (χ1v) is 5.31. The van der Waals surface area contributed by atoms with Gasteiger partial charge in [0.2, 0.25) is 0 Å². The van der Waals surface area contributed by atoms with Crippen LogP contribution < -0.4 is 0 Å². The second kappa shape index (κ2) is 4.52. The van der Waals surface area contributed by atoms with E-state index < -0.39 is 11.8 Å². The molecule has 0 aliphatic heterocycles. The molecule has 2 aromatic heterocycles. The van der Waals surface area contributed by atoms with Crippen molar-refractivity contribution in [2.45, 2.75) is 13.8 Å². The molecule has 0 fully saturated rings. The molecule has 92 valence electrons. The number of pyridine rings is 2. The van der Waals surface area contributed by atoms with Gasteiger partial charge in [-0.2, -0.15) is 0 Å². The lowest BCUT2D eigenvalue weighted by Crippen LogP contribution is -2.02. The third-order valence-corrected chi connectivity index (χ3v) is 2.64. The summed E-state index contributed by atoms with van der Waals surface area (Å²) in [5.41, 5.74) is 2.11. The third kappa shape index (κ3) is 2.20. The number of rotatable bonds is 2. The summed E-state index contributed by atoms with van der Waals surface area (Å²) in [6.07, 6.45) is 2.64. The lowest BCUT2D eigenvalue weighted by molar-refractivity contribution is 0.0690. The van der Waals surface area contributed by atoms with Crippen LogP contribution in [-0.4, -0.2) is 21.0 Å². The minimum Gasteiger partial charge on any atom is -0.477 e. The van der Waals surface area contributed by atoms with Gasteiger partial charge in [-0.1, -0.05) is 0 Å². The van der Waals surface area contributed by atoms with E-state index in [0.29, 0.717) is 22.4 Å². The van der Waals surface area contributed by atoms with Crippen LogP contribution in [0.1, 0.15) is 21.7 Å². The molecule has 0 aliphatic rings. The zero-order chi connectivity index (χ0) is 13.3. The molecule has 5 heteroatoms. The fourth-order valence-electron chi connectivity index (χ4n) is 1.72. The average Bonchev–Trinajstić information content (AvgIpc) is 2.31. The molecule has 0 amide bonds. The van der Waals surface area contributed by atoms with Crippen LogP contribution in [0.3, 0.4) is 0 Å². The number of carboxylic acids is 1. The molecule has 0 atom stereocenters. The van der Waals surface area contributed by atoms with Gasteiger partial charge in [-0.25, -0.2) is 14.2 Å². The van der Waals surface area contributed by atoms with Crippen molar-refractivity contribution in [2.24, 2.45) is 0 Å². The Balaban J connectivity index is 2.64. The Hall–Kier alpha value is -2.30. The van der Waals surface area contributed by atoms with Crippen LogP contribution >= 0.6 is 0 Å². The van der Waals surface area contributed by atoms with Gasteiger partial charge in [0.05, 0.1) is 6.20 Å². The molecule has 1 N–H and O–H groups in total. The number of carboxylic acid groups (broad SMARTS) is 1. The summed E-state index contributed by atoms with van der Waals surface area (Å²) in [6, 6.07) is 3.12. The SMILES string of the molecule is Cc1cc(-c2cncc(F)c2C)cc(C(=O)O)n1. The number of aromatic nitrogens is 2. The fourth-order valence-corrected chi connectivity index (χ4v) is 1.72. The Morgan fingerprint density at radius 3 is 2.67 bits per heavy atom. The van der Waals surface area contributed by atoms with Crippen LogP contribution in [-0.2, 0) is 0 Å². The predicted octanol–water partition coefficient (Wildman–Crippen LogP) is 2.60. The van der Waals surface area contributed by atoms with Crippen LogP contribution in [0.25, 0.3) is 11.1 Å². The molecule has 2 heterocycles. The molecule has 18 heavy (non-hydrogen) atoms. The van der Waals surface area contributed by atoms with Gasteiger partial charge in [-0.15, -0.1) is 0 Å². The van der Waals surface area contributed by atoms with Gasteiger partial charge < -0.3 is 5.11 Å². The van der Waals surface area contributed by atoms with Crippen molar-refractivity contribution in [1.82, 2.24) is 9.97 Å². The average molecular weight is 246 g/mol. The molecule has 0 unspecified atom stereocenters. The minimum absolute atomic E-state index is 0.0614. The lowest BCUT2D eigenvalue weighted by atomic mass is 10.0. The van der Waals surface area contributed by atoms with Crippen LogP contribution in [0.4, 0.5) is 4.39 Å². The number of halogens is 1. The molecule has 0 saturated heterocycles. The van der Waals surface area contributed by atoms with Crippen molar-refractivity contribution in [2.75, 3.05) is 0 Å². The van der Waals surface area contributed by atoms with Crippen LogP contribution in [0.5, 0.6) is 0 Å². The maximum Gasteiger partial charge on any atom is 0.354 e. The van der Waals surface area contributed by atoms with E-state index in [1.807, 2.05) is 0 Å². The number of nitrogens with zero attached hydrogens (tertiary/aromatic N) is 2. The Bertz CT molecular complexity index is 626. The third-order valence-electron chi connectivity index (χ3n) is 2.64. The van der Waals surface area contributed by atoms with Gasteiger partial charge in [-0.05, 0) is 37.1 Å². The summed E-state index contributed by atoms with van der Waals surface area (Å²) in [7, 11) is 0. The number of hydrogen-bond donors (Lipinski definition) is 1. The van der Waals surface area contributed by atoms with Gasteiger partial charge in [-0.3, -0.25) is 4.98 Å². The van der Waals surface area contributed by atoms with Crippen molar-refractivity contribution in [1.29, 1.82) is 0 Å². The Morgan fingerprint density at radius 1 is 1.28 bits per heavy atom. The standard InChI is InChI=1S/C13H11FN2O2/c1-7-3-9(4-12(16-7)13(17)18)10-5-15-6-11(14)8(10)2/h3-6H,1-2H3,(H,17,18). The number of carbonyl (C=O) groups is 1. The van der Waals surface area contributed by atoms with Crippen molar-refractivity contribution in [3.63, 3.8) is 0 Å². The summed E-state index contributed by atoms with van der Waals surface area (Å²) in [5.74, 6) is -1.53. The number of hydrogen-bond acceptors (Lipinski definition) is 3. The smallest absolute Gasteiger partial charge is 0.354 e. The Kier molecular flexibility index (Phi) is 3.06. The predicted molar refractivity (Wildman–Crippen MR) is 63.9 cm³/mol. The van der Waals surface area contributed by atoms with E-state index in [1.165, 1.54) is 12.3 Å². The number of aromatic carboxylic acids is 1. The highest BCUT2D eigenvalue weighted by atomic mass is 19.1. The van der Waals surface area contributed by atoms with E-state index in [9.17, 15) is 9.18 Å². The quantitative estimate of drug-likeness (QED) is 0.884. The first kappa shape index (κ1) is 12.2. The molecular formula is C13H11FN2O2. The van der Waals surface area contributed by atoms with Crippen molar-refractivity contribution >= 4 is 5.97 Å². The molecule has 0 bridgehead atoms. The summed E-state index contributed by atoms with van der Waals surface area (Å²) < 4.78 is 13.4. The maximum absolute atomic E-state index is 13.4. The van der Waals surface area contributed by atoms with Crippen molar-refractivity contribution < 1.29 is 14.3 Å². The fraction of sp³-hybridized carbons (Fsp3) is 0.154. The first-order chi connectivity index (χ1) is 8.49. The molecule has 4 nitrogen and oxygen atoms in total. The molecular weight excluding hydrogens is 235 g/mol. The Morgan fingerprint density at radius 2 is 2.00 bits per heavy atom. The number of aryl methyl sites for hydroxylation is 1. The van der Waals surface area contributed by atoms with E-state index in [2.05, 4.69) is 9.97 Å². The molecule has 0 radical (unpaired) electrons. The van der Waals surface area contributed by atoms with Gasteiger partial charge >= 0.3 is 5.97 Å². The minimum atomic E-state index is -1.11. The zero-order valence-electron chi connectivity index (χ0n) is 9.94. The van der Waals surface area contributed by atoms with Gasteiger partial charge in [0.25, 0.3) is 0 Å². The molecule has 0 aromatic carbocycles. The van der Waals surface area contributed by atoms with E-state index >= 15 is 0 Å². The second-order valence-corrected chi connectivity index (χ2v) is 3.98. The molecule has 2 aromatic rings. The van der Waals surface area contributed by atoms with E-state index in [-0.39, 0.29) is 5.69 Å². The van der Waals surface area contributed by atoms with Gasteiger partial charge in [0.1, 0.15) is 11.5 Å². The van der Waals surface area contributed by atoms with Crippen molar-refractivity contribution in [3.8, 4) is 11.1 Å². The summed E-state index contributed by atoms with van der Waals surface area (Å²) in [5, 5.41) is 8.95. The molecule has 0 saturated carbocycles. The van der Waals surface area contributed by atoms with Crippen molar-refractivity contribution in [3.05, 3.63) is 47.3 Å². The maximum atomic E-state index is 13.4. The van der Waals surface area contributed by atoms with Crippen LogP contribution in [0.15, 0.2) is 24.5 Å². The summed E-state index contributed by atoms with van der Waals surface area (Å²) in [6.45, 7) is 3.32. The second-order valence-electron chi connectivity index (χ2n) is 3.98. The normalized spacial score (nSPS) is 10.4. The highest BCUT2D eigenvalue weighted by Gasteiger charge is 2.11. The zero-order valence-corrected chi connectivity index (χ0v) is 9.94. The lowest BCUT2D eigenvalue weighted by Gasteiger charge is -2.08. The monoisotopic (exact) mass is 246 g/mol. The highest BCUT2D eigenvalue weighted by Crippen LogP contribution is 2.25. The molecule has 2 rings (SSSR count). The summed E-state index contributed by atoms with van der Waals surface area (Å²) in [4.78, 5) is 18.6. The van der Waals surface area contributed by atoms with E-state index in [0.717, 1.165) is 6.20 Å². The van der Waals surface area contributed by atoms with E-state index in [1.54, 1.807) is 19.9 Å². The topological polar surface area (TPSA) is 63.1 Å². The van der Waals surface area contributed by atoms with Gasteiger partial charge in [0.15, 0.2) is 0 Å². The van der Waals surface area contributed by atoms with Gasteiger partial charge in [0, 0.05) is 17.5 Å². The largest absolute Gasteiger partial charge is 0.477 e. The highest BCUT2D eigenvalue weighted by molar-refractivity contribution is 5.87.